The Hall–Kier alpha value is -4.45. The first kappa shape index (κ1) is 29.5. The van der Waals surface area contributed by atoms with Crippen molar-refractivity contribution in [1.29, 1.82) is 0 Å². The van der Waals surface area contributed by atoms with E-state index in [1.165, 1.54) is 10.1 Å². The summed E-state index contributed by atoms with van der Waals surface area (Å²) in [5.41, 5.74) is 6.27. The minimum atomic E-state index is -1.01. The first-order valence-electron chi connectivity index (χ1n) is 14.2. The van der Waals surface area contributed by atoms with Crippen molar-refractivity contribution in [3.05, 3.63) is 129 Å². The van der Waals surface area contributed by atoms with E-state index in [1.807, 2.05) is 106 Å². The van der Waals surface area contributed by atoms with E-state index in [0.29, 0.717) is 24.0 Å². The van der Waals surface area contributed by atoms with Crippen molar-refractivity contribution in [2.75, 3.05) is 0 Å². The second kappa shape index (κ2) is 13.8. The SMILES string of the molecule is CCCC[C@H](C(=O)N[C@@H](CC(=O)O)c1ccc(-c2ccc(C)cc2)cc1)n1cc(C)cc(Cc2ccccc2)c1=O. The number of carbonyl (C=O) groups is 2. The van der Waals surface area contributed by atoms with Gasteiger partial charge in [0.05, 0.1) is 12.5 Å². The molecule has 4 aromatic rings. The minimum absolute atomic E-state index is 0.201. The Bertz CT molecular complexity index is 1520. The van der Waals surface area contributed by atoms with Crippen molar-refractivity contribution in [1.82, 2.24) is 9.88 Å². The smallest absolute Gasteiger partial charge is 0.305 e. The van der Waals surface area contributed by atoms with Gasteiger partial charge in [-0.3, -0.25) is 14.4 Å². The topological polar surface area (TPSA) is 88.4 Å². The standard InChI is InChI=1S/C35H38N2O4/c1-4-5-11-32(37-23-25(3)20-30(35(37)41)21-26-9-7-6-8-10-26)34(40)36-31(22-33(38)39)29-18-16-28(17-19-29)27-14-12-24(2)13-15-27/h6-10,12-20,23,31-32H,4-5,11,21-22H2,1-3H3,(H,36,40)(H,38,39)/t31-,32+/m0/s1. The molecule has 212 valence electrons. The number of aliphatic carboxylic acids is 1. The number of nitrogens with zero attached hydrogens (tertiary/aromatic N) is 1. The van der Waals surface area contributed by atoms with E-state index >= 15 is 0 Å². The number of rotatable bonds is 12. The number of unbranched alkanes of at least 4 members (excludes halogenated alkanes) is 1. The summed E-state index contributed by atoms with van der Waals surface area (Å²) in [5.74, 6) is -1.37. The Labute approximate surface area is 241 Å². The van der Waals surface area contributed by atoms with Crippen LogP contribution in [0.25, 0.3) is 11.1 Å². The van der Waals surface area contributed by atoms with Crippen LogP contribution in [-0.4, -0.2) is 21.6 Å². The highest BCUT2D eigenvalue weighted by molar-refractivity contribution is 5.81. The summed E-state index contributed by atoms with van der Waals surface area (Å²) < 4.78 is 1.54. The highest BCUT2D eigenvalue weighted by Crippen LogP contribution is 2.25. The largest absolute Gasteiger partial charge is 0.481 e. The molecule has 0 aliphatic heterocycles. The molecule has 0 saturated carbocycles. The van der Waals surface area contributed by atoms with Crippen LogP contribution in [0.15, 0.2) is 95.9 Å². The van der Waals surface area contributed by atoms with Gasteiger partial charge in [-0.2, -0.15) is 0 Å². The monoisotopic (exact) mass is 550 g/mol. The van der Waals surface area contributed by atoms with Crippen LogP contribution >= 0.6 is 0 Å². The number of hydrogen-bond donors (Lipinski definition) is 2. The van der Waals surface area contributed by atoms with E-state index in [0.717, 1.165) is 35.1 Å². The van der Waals surface area contributed by atoms with Crippen LogP contribution in [0.5, 0.6) is 0 Å². The molecule has 6 nitrogen and oxygen atoms in total. The van der Waals surface area contributed by atoms with Crippen molar-refractivity contribution in [3.8, 4) is 11.1 Å². The maximum atomic E-state index is 13.8. The normalized spacial score (nSPS) is 12.5. The quantitative estimate of drug-likeness (QED) is 0.203. The molecule has 3 aromatic carbocycles. The molecule has 2 atom stereocenters. The predicted molar refractivity (Wildman–Crippen MR) is 163 cm³/mol. The molecule has 0 aliphatic rings. The van der Waals surface area contributed by atoms with Gasteiger partial charge in [0.25, 0.3) is 5.56 Å². The molecular formula is C35H38N2O4. The third kappa shape index (κ3) is 7.82. The average Bonchev–Trinajstić information content (AvgIpc) is 2.96. The zero-order valence-corrected chi connectivity index (χ0v) is 24.0. The van der Waals surface area contributed by atoms with E-state index in [9.17, 15) is 19.5 Å². The molecule has 0 radical (unpaired) electrons. The van der Waals surface area contributed by atoms with Gasteiger partial charge in [-0.25, -0.2) is 0 Å². The molecule has 0 fully saturated rings. The number of amides is 1. The number of carbonyl (C=O) groups excluding carboxylic acids is 1. The molecule has 1 aromatic heterocycles. The molecular weight excluding hydrogens is 512 g/mol. The van der Waals surface area contributed by atoms with Crippen LogP contribution in [0.1, 0.15) is 72.5 Å². The molecule has 0 bridgehead atoms. The van der Waals surface area contributed by atoms with Gasteiger partial charge >= 0.3 is 5.97 Å². The summed E-state index contributed by atoms with van der Waals surface area (Å²) in [6, 6.07) is 26.0. The fraction of sp³-hybridized carbons (Fsp3) is 0.286. The number of aromatic nitrogens is 1. The van der Waals surface area contributed by atoms with E-state index in [1.54, 1.807) is 6.20 Å². The summed E-state index contributed by atoms with van der Waals surface area (Å²) in [6.45, 7) is 5.99. The first-order valence-corrected chi connectivity index (χ1v) is 14.2. The summed E-state index contributed by atoms with van der Waals surface area (Å²) in [6.07, 6.45) is 4.03. The van der Waals surface area contributed by atoms with E-state index in [2.05, 4.69) is 5.32 Å². The predicted octanol–water partition coefficient (Wildman–Crippen LogP) is 6.79. The second-order valence-corrected chi connectivity index (χ2v) is 10.7. The fourth-order valence-electron chi connectivity index (χ4n) is 5.13. The number of nitrogens with one attached hydrogen (secondary N) is 1. The minimum Gasteiger partial charge on any atom is -0.481 e. The van der Waals surface area contributed by atoms with Gasteiger partial charge in [0.15, 0.2) is 0 Å². The van der Waals surface area contributed by atoms with Gasteiger partial charge in [0.1, 0.15) is 6.04 Å². The van der Waals surface area contributed by atoms with Crippen LogP contribution in [0.2, 0.25) is 0 Å². The first-order chi connectivity index (χ1) is 19.7. The second-order valence-electron chi connectivity index (χ2n) is 10.7. The van der Waals surface area contributed by atoms with E-state index in [4.69, 9.17) is 0 Å². The van der Waals surface area contributed by atoms with Crippen molar-refractivity contribution < 1.29 is 14.7 Å². The van der Waals surface area contributed by atoms with Crippen LogP contribution < -0.4 is 10.9 Å². The highest BCUT2D eigenvalue weighted by Gasteiger charge is 2.26. The summed E-state index contributed by atoms with van der Waals surface area (Å²) in [5, 5.41) is 12.6. The summed E-state index contributed by atoms with van der Waals surface area (Å²) in [4.78, 5) is 39.3. The molecule has 2 N–H and O–H groups in total. The number of carboxylic acid groups (broad SMARTS) is 1. The molecule has 4 rings (SSSR count). The Morgan fingerprint density at radius 1 is 0.878 bits per heavy atom. The lowest BCUT2D eigenvalue weighted by molar-refractivity contribution is -0.137. The summed E-state index contributed by atoms with van der Waals surface area (Å²) in [7, 11) is 0. The number of aryl methyl sites for hydroxylation is 2. The van der Waals surface area contributed by atoms with Crippen LogP contribution in [0.4, 0.5) is 0 Å². The third-order valence-corrected chi connectivity index (χ3v) is 7.35. The molecule has 0 aliphatic carbocycles. The maximum Gasteiger partial charge on any atom is 0.305 e. The molecule has 1 amide bonds. The number of pyridine rings is 1. The Kier molecular flexibility index (Phi) is 9.91. The number of benzene rings is 3. The third-order valence-electron chi connectivity index (χ3n) is 7.35. The van der Waals surface area contributed by atoms with Gasteiger partial charge in [-0.15, -0.1) is 0 Å². The van der Waals surface area contributed by atoms with Gasteiger partial charge in [0, 0.05) is 18.2 Å². The molecule has 41 heavy (non-hydrogen) atoms. The Balaban J connectivity index is 1.62. The number of carboxylic acids is 1. The van der Waals surface area contributed by atoms with Crippen LogP contribution in [0, 0.1) is 13.8 Å². The highest BCUT2D eigenvalue weighted by atomic mass is 16.4. The van der Waals surface area contributed by atoms with Gasteiger partial charge in [-0.05, 0) is 54.2 Å². The molecule has 1 heterocycles. The van der Waals surface area contributed by atoms with Crippen LogP contribution in [0.3, 0.4) is 0 Å². The molecule has 0 spiro atoms. The zero-order valence-electron chi connectivity index (χ0n) is 24.0. The van der Waals surface area contributed by atoms with Crippen molar-refractivity contribution >= 4 is 11.9 Å². The molecule has 0 unspecified atom stereocenters. The average molecular weight is 551 g/mol. The van der Waals surface area contributed by atoms with Crippen molar-refractivity contribution in [2.45, 2.75) is 65.0 Å². The Morgan fingerprint density at radius 2 is 1.51 bits per heavy atom. The van der Waals surface area contributed by atoms with E-state index < -0.39 is 18.1 Å². The molecule has 6 heteroatoms. The Morgan fingerprint density at radius 3 is 2.12 bits per heavy atom. The maximum absolute atomic E-state index is 13.8. The van der Waals surface area contributed by atoms with Gasteiger partial charge in [-0.1, -0.05) is 104 Å². The lowest BCUT2D eigenvalue weighted by Crippen LogP contribution is -2.40. The summed E-state index contributed by atoms with van der Waals surface area (Å²) >= 11 is 0. The van der Waals surface area contributed by atoms with E-state index in [-0.39, 0.29) is 17.9 Å². The van der Waals surface area contributed by atoms with Crippen molar-refractivity contribution in [3.63, 3.8) is 0 Å². The lowest BCUT2D eigenvalue weighted by Gasteiger charge is -2.25. The molecule has 0 saturated heterocycles. The zero-order chi connectivity index (χ0) is 29.4. The number of hydrogen-bond acceptors (Lipinski definition) is 3. The van der Waals surface area contributed by atoms with Gasteiger partial charge < -0.3 is 15.0 Å². The van der Waals surface area contributed by atoms with Crippen molar-refractivity contribution in [2.24, 2.45) is 0 Å². The van der Waals surface area contributed by atoms with Gasteiger partial charge in [0.2, 0.25) is 5.91 Å². The lowest BCUT2D eigenvalue weighted by atomic mass is 9.98. The fourth-order valence-corrected chi connectivity index (χ4v) is 5.13. The van der Waals surface area contributed by atoms with Crippen LogP contribution in [-0.2, 0) is 16.0 Å².